The Morgan fingerprint density at radius 3 is 3.21 bits per heavy atom. The summed E-state index contributed by atoms with van der Waals surface area (Å²) in [4.78, 5) is 11.5. The number of rotatable bonds is 2. The Morgan fingerprint density at radius 1 is 1.64 bits per heavy atom. The average molecular weight is 215 g/mol. The van der Waals surface area contributed by atoms with Gasteiger partial charge in [0.05, 0.1) is 19.8 Å². The minimum absolute atomic E-state index is 0.235. The highest BCUT2D eigenvalue weighted by Gasteiger charge is 2.23. The first kappa shape index (κ1) is 9.50. The highest BCUT2D eigenvalue weighted by atomic mass is 32.1. The second-order valence-corrected chi connectivity index (χ2v) is 3.50. The fraction of sp³-hybridized carbons (Fsp3) is 0.571. The third kappa shape index (κ3) is 2.25. The minimum atomic E-state index is -0.535. The van der Waals surface area contributed by atoms with Gasteiger partial charge in [0.2, 0.25) is 5.13 Å². The number of anilines is 1. The Kier molecular flexibility index (Phi) is 3.02. The zero-order chi connectivity index (χ0) is 9.80. The zero-order valence-electron chi connectivity index (χ0n) is 7.30. The van der Waals surface area contributed by atoms with Crippen molar-refractivity contribution in [2.24, 2.45) is 0 Å². The maximum absolute atomic E-state index is 11.5. The van der Waals surface area contributed by atoms with Crippen LogP contribution in [0.25, 0.3) is 0 Å². The van der Waals surface area contributed by atoms with Gasteiger partial charge in [0.25, 0.3) is 5.91 Å². The van der Waals surface area contributed by atoms with Gasteiger partial charge in [-0.3, -0.25) is 10.1 Å². The first-order valence-corrected chi connectivity index (χ1v) is 5.00. The molecule has 0 aliphatic carbocycles. The van der Waals surface area contributed by atoms with Crippen molar-refractivity contribution in [3.05, 3.63) is 5.51 Å². The van der Waals surface area contributed by atoms with Crippen LogP contribution in [-0.4, -0.2) is 42.0 Å². The third-order valence-corrected chi connectivity index (χ3v) is 2.31. The molecule has 0 saturated carbocycles. The van der Waals surface area contributed by atoms with E-state index < -0.39 is 6.10 Å². The van der Waals surface area contributed by atoms with Crippen molar-refractivity contribution in [3.8, 4) is 0 Å². The van der Waals surface area contributed by atoms with Crippen LogP contribution >= 0.6 is 11.3 Å². The van der Waals surface area contributed by atoms with E-state index in [1.807, 2.05) is 0 Å². The summed E-state index contributed by atoms with van der Waals surface area (Å²) in [6, 6.07) is 0. The Bertz CT molecular complexity index is 297. The van der Waals surface area contributed by atoms with Crippen LogP contribution in [0, 0.1) is 0 Å². The van der Waals surface area contributed by atoms with E-state index in [1.54, 1.807) is 5.51 Å². The van der Waals surface area contributed by atoms with Crippen molar-refractivity contribution in [3.63, 3.8) is 0 Å². The van der Waals surface area contributed by atoms with Gasteiger partial charge >= 0.3 is 0 Å². The molecule has 1 aliphatic heterocycles. The van der Waals surface area contributed by atoms with E-state index >= 15 is 0 Å². The van der Waals surface area contributed by atoms with E-state index in [0.29, 0.717) is 25.0 Å². The first-order chi connectivity index (χ1) is 6.86. The molecule has 1 atom stereocenters. The van der Waals surface area contributed by atoms with Gasteiger partial charge in [0.15, 0.2) is 6.10 Å². The van der Waals surface area contributed by atoms with E-state index in [0.717, 1.165) is 0 Å². The van der Waals surface area contributed by atoms with E-state index in [4.69, 9.17) is 9.47 Å². The lowest BCUT2D eigenvalue weighted by atomic mass is 10.3. The highest BCUT2D eigenvalue weighted by Crippen LogP contribution is 2.10. The number of carbonyl (C=O) groups excluding carboxylic acids is 1. The number of nitrogens with one attached hydrogen (secondary N) is 1. The number of nitrogens with zero attached hydrogens (tertiary/aromatic N) is 2. The van der Waals surface area contributed by atoms with Crippen molar-refractivity contribution in [1.82, 2.24) is 10.2 Å². The Morgan fingerprint density at radius 2 is 2.57 bits per heavy atom. The summed E-state index contributed by atoms with van der Waals surface area (Å²) >= 11 is 1.26. The second-order valence-electron chi connectivity index (χ2n) is 2.67. The van der Waals surface area contributed by atoms with Crippen LogP contribution in [0.1, 0.15) is 0 Å². The van der Waals surface area contributed by atoms with Gasteiger partial charge in [-0.1, -0.05) is 11.3 Å². The van der Waals surface area contributed by atoms with Crippen LogP contribution in [0.5, 0.6) is 0 Å². The number of ether oxygens (including phenoxy) is 2. The van der Waals surface area contributed by atoms with Crippen molar-refractivity contribution >= 4 is 22.4 Å². The lowest BCUT2D eigenvalue weighted by molar-refractivity contribution is -0.142. The summed E-state index contributed by atoms with van der Waals surface area (Å²) in [5, 5.41) is 10.4. The number of carbonyl (C=O) groups is 1. The normalized spacial score (nSPS) is 21.9. The molecule has 2 heterocycles. The van der Waals surface area contributed by atoms with Crippen LogP contribution in [0.4, 0.5) is 5.13 Å². The summed E-state index contributed by atoms with van der Waals surface area (Å²) in [7, 11) is 0. The van der Waals surface area contributed by atoms with E-state index in [9.17, 15) is 4.79 Å². The molecule has 0 bridgehead atoms. The van der Waals surface area contributed by atoms with Crippen molar-refractivity contribution in [2.75, 3.05) is 25.1 Å². The third-order valence-electron chi connectivity index (χ3n) is 1.70. The van der Waals surface area contributed by atoms with Gasteiger partial charge in [0.1, 0.15) is 5.51 Å². The molecule has 1 fully saturated rings. The molecular formula is C7H9N3O3S. The van der Waals surface area contributed by atoms with Crippen molar-refractivity contribution in [2.45, 2.75) is 6.10 Å². The Balaban J connectivity index is 1.88. The molecule has 76 valence electrons. The molecule has 1 saturated heterocycles. The quantitative estimate of drug-likeness (QED) is 0.745. The summed E-state index contributed by atoms with van der Waals surface area (Å²) in [6.07, 6.45) is -0.535. The van der Waals surface area contributed by atoms with Gasteiger partial charge < -0.3 is 9.47 Å². The van der Waals surface area contributed by atoms with Crippen molar-refractivity contribution < 1.29 is 14.3 Å². The van der Waals surface area contributed by atoms with E-state index in [2.05, 4.69) is 15.5 Å². The fourth-order valence-corrected chi connectivity index (χ4v) is 1.50. The van der Waals surface area contributed by atoms with Gasteiger partial charge in [-0.25, -0.2) is 0 Å². The Hall–Kier alpha value is -1.05. The highest BCUT2D eigenvalue weighted by molar-refractivity contribution is 7.13. The van der Waals surface area contributed by atoms with Crippen LogP contribution in [0.15, 0.2) is 5.51 Å². The van der Waals surface area contributed by atoms with Gasteiger partial charge in [0, 0.05) is 0 Å². The van der Waals surface area contributed by atoms with E-state index in [1.165, 1.54) is 11.3 Å². The second kappa shape index (κ2) is 4.45. The van der Waals surface area contributed by atoms with Gasteiger partial charge in [-0.05, 0) is 0 Å². The maximum atomic E-state index is 11.5. The lowest BCUT2D eigenvalue weighted by Gasteiger charge is -2.21. The molecule has 1 aromatic heterocycles. The lowest BCUT2D eigenvalue weighted by Crippen LogP contribution is -2.39. The molecule has 1 amide bonds. The fourth-order valence-electron chi connectivity index (χ4n) is 1.05. The van der Waals surface area contributed by atoms with Crippen molar-refractivity contribution in [1.29, 1.82) is 0 Å². The zero-order valence-corrected chi connectivity index (χ0v) is 8.12. The van der Waals surface area contributed by atoms with Crippen LogP contribution in [0.3, 0.4) is 0 Å². The molecule has 1 unspecified atom stereocenters. The topological polar surface area (TPSA) is 73.3 Å². The standard InChI is InChI=1S/C7H9N3O3S/c11-6(5-3-12-1-2-13-5)9-7-10-8-4-14-7/h4-5H,1-3H2,(H,9,10,11). The number of amides is 1. The van der Waals surface area contributed by atoms with E-state index in [-0.39, 0.29) is 5.91 Å². The first-order valence-electron chi connectivity index (χ1n) is 4.12. The smallest absolute Gasteiger partial charge is 0.257 e. The molecule has 14 heavy (non-hydrogen) atoms. The largest absolute Gasteiger partial charge is 0.376 e. The molecule has 1 aliphatic rings. The molecule has 7 heteroatoms. The summed E-state index contributed by atoms with van der Waals surface area (Å²) < 4.78 is 10.3. The molecule has 1 N–H and O–H groups in total. The predicted octanol–water partition coefficient (Wildman–Crippen LogP) is -0.108. The van der Waals surface area contributed by atoms with Crippen LogP contribution < -0.4 is 5.32 Å². The van der Waals surface area contributed by atoms with Crippen LogP contribution in [-0.2, 0) is 14.3 Å². The maximum Gasteiger partial charge on any atom is 0.257 e. The summed E-state index contributed by atoms with van der Waals surface area (Å²) in [5.74, 6) is -0.235. The van der Waals surface area contributed by atoms with Gasteiger partial charge in [-0.2, -0.15) is 0 Å². The monoisotopic (exact) mass is 215 g/mol. The number of hydrogen-bond donors (Lipinski definition) is 1. The van der Waals surface area contributed by atoms with Gasteiger partial charge in [-0.15, -0.1) is 10.2 Å². The molecule has 0 spiro atoms. The predicted molar refractivity (Wildman–Crippen MR) is 49.1 cm³/mol. The number of aromatic nitrogens is 2. The van der Waals surface area contributed by atoms with Crippen LogP contribution in [0.2, 0.25) is 0 Å². The molecule has 0 aromatic carbocycles. The molecule has 1 aromatic rings. The molecule has 2 rings (SSSR count). The summed E-state index contributed by atoms with van der Waals surface area (Å²) in [5.41, 5.74) is 1.55. The summed E-state index contributed by atoms with van der Waals surface area (Å²) in [6.45, 7) is 1.29. The average Bonchev–Trinajstić information content (AvgIpc) is 2.72. The molecule has 6 nitrogen and oxygen atoms in total. The minimum Gasteiger partial charge on any atom is -0.376 e. The SMILES string of the molecule is O=C(Nc1nncs1)C1COCCO1. The Labute approximate surface area is 84.2 Å². The molecular weight excluding hydrogens is 206 g/mol. The number of hydrogen-bond acceptors (Lipinski definition) is 6. The molecule has 0 radical (unpaired) electrons.